The van der Waals surface area contributed by atoms with Crippen molar-refractivity contribution in [1.82, 2.24) is 30.3 Å². The summed E-state index contributed by atoms with van der Waals surface area (Å²) in [4.78, 5) is 51.8. The van der Waals surface area contributed by atoms with Crippen molar-refractivity contribution in [2.75, 3.05) is 78.3 Å². The van der Waals surface area contributed by atoms with Gasteiger partial charge in [-0.15, -0.1) is 0 Å². The Morgan fingerprint density at radius 2 is 1.73 bits per heavy atom. The number of hydrogen-bond acceptors (Lipinski definition) is 12. The number of pyridine rings is 1. The summed E-state index contributed by atoms with van der Waals surface area (Å²) in [6, 6.07) is 10.6. The number of amides is 3. The maximum absolute atomic E-state index is 15.7. The van der Waals surface area contributed by atoms with Crippen molar-refractivity contribution in [3.05, 3.63) is 93.1 Å². The fraction of sp³-hybridized carbons (Fsp3) is 0.591. The van der Waals surface area contributed by atoms with Gasteiger partial charge in [-0.3, -0.25) is 24.3 Å². The third-order valence-electron chi connectivity index (χ3n) is 16.8. The molecule has 0 bridgehead atoms. The number of fused-ring (bicyclic) bond motifs is 2. The standard InChI is InChI=1S/C32H52N4O3.C25H28F3N3O3.C7H11NO.C2H6/c1-5-32(38)34(4)31-21-28(9-8-24(31)2)27-13-18-35(19-14-27)22-26(12-16-33-25(3)37)15-20-39-23-30-11-10-29-7-6-17-36(29)30;1-5-6-9-31(13-32)25(30-15(3)34-4)19-12-29-24(22(27)14(19)2)18-11-17(33)10-16-7-8-20(26)23(28)21(16)18;1-5-3-4-6(2)8-7(5)9;1-2/h8-9,21,26-27,29-30H,5-7,10-20,22-23H2,1-4H3,(H,33,37);10-12,32-33H,2,5-9,13H2,1,3-4H3;5H,2-4H2,1H3,(H,8,9);1-2H3/b;25-19+,30-15+;;. The topological polar surface area (TPSA) is 172 Å². The Hall–Kier alpha value is -6.08. The number of rotatable bonds is 20. The van der Waals surface area contributed by atoms with Gasteiger partial charge in [0.05, 0.1) is 13.7 Å². The van der Waals surface area contributed by atoms with Gasteiger partial charge in [0.15, 0.2) is 17.5 Å². The molecule has 4 aliphatic heterocycles. The van der Waals surface area contributed by atoms with Gasteiger partial charge >= 0.3 is 0 Å². The Bertz CT molecular complexity index is 2870. The number of hydrogen-bond donors (Lipinski definition) is 4. The van der Waals surface area contributed by atoms with Crippen LogP contribution >= 0.6 is 0 Å². The lowest BCUT2D eigenvalue weighted by Crippen LogP contribution is -2.38. The van der Waals surface area contributed by atoms with E-state index >= 15 is 4.39 Å². The first-order valence-electron chi connectivity index (χ1n) is 30.7. The number of aliphatic hydroxyl groups is 1. The SMILES string of the molecule is C=C1CCC(C)C(=O)N1.C=c1c(F)c(-c2cc(O)cc3c2C(F)=C(F)CC3)nc/c1=C(/N=C(\C)OC)N(CO)CCCC.CC.CCC(=O)N(C)c1cc(C2CCN(CC(CCNC(C)=O)CCOCC3CCC4CCCN43)CC2)ccc1C. The third kappa shape index (κ3) is 19.0. The molecular weight excluding hydrogens is 1070 g/mol. The number of methoxy groups -OCH3 is 1. The molecular formula is C66H97F3N8O7. The van der Waals surface area contributed by atoms with Gasteiger partial charge in [-0.25, -0.2) is 13.2 Å². The summed E-state index contributed by atoms with van der Waals surface area (Å²) in [6.45, 7) is 29.6. The average molecular weight is 1170 g/mol. The number of anilines is 1. The van der Waals surface area contributed by atoms with Crippen LogP contribution in [-0.2, 0) is 30.3 Å². The zero-order valence-electron chi connectivity index (χ0n) is 52.0. The number of carbonyl (C=O) groups is 3. The molecule has 8 rings (SSSR count). The van der Waals surface area contributed by atoms with Crippen molar-refractivity contribution in [3.8, 4) is 17.0 Å². The molecule has 5 heterocycles. The number of likely N-dealkylation sites (tertiary alicyclic amines) is 1. The van der Waals surface area contributed by atoms with E-state index in [1.807, 2.05) is 46.6 Å². The van der Waals surface area contributed by atoms with Crippen LogP contribution in [0.2, 0.25) is 0 Å². The molecule has 4 saturated heterocycles. The lowest BCUT2D eigenvalue weighted by atomic mass is 9.87. The van der Waals surface area contributed by atoms with Crippen LogP contribution in [-0.4, -0.2) is 139 Å². The molecule has 4 unspecified atom stereocenters. The summed E-state index contributed by atoms with van der Waals surface area (Å²) in [6.07, 6.45) is 15.1. The number of benzene rings is 2. The second-order valence-corrected chi connectivity index (χ2v) is 22.7. The highest BCUT2D eigenvalue weighted by Gasteiger charge is 2.36. The zero-order valence-corrected chi connectivity index (χ0v) is 52.0. The third-order valence-corrected chi connectivity index (χ3v) is 16.8. The van der Waals surface area contributed by atoms with Crippen molar-refractivity contribution in [2.45, 2.75) is 170 Å². The number of allylic oxidation sites excluding steroid dienone is 2. The Morgan fingerprint density at radius 1 is 0.988 bits per heavy atom. The quantitative estimate of drug-likeness (QED) is 0.0367. The Balaban J connectivity index is 0.000000262. The number of piperidine rings is 2. The smallest absolute Gasteiger partial charge is 0.226 e. The van der Waals surface area contributed by atoms with Gasteiger partial charge < -0.3 is 45.0 Å². The van der Waals surface area contributed by atoms with Crippen LogP contribution < -0.4 is 26.0 Å². The first-order valence-corrected chi connectivity index (χ1v) is 30.7. The largest absolute Gasteiger partial charge is 0.508 e. The molecule has 15 nitrogen and oxygen atoms in total. The minimum atomic E-state index is -1.09. The Morgan fingerprint density at radius 3 is 2.38 bits per heavy atom. The second kappa shape index (κ2) is 34.2. The van der Waals surface area contributed by atoms with Crippen LogP contribution in [0.15, 0.2) is 59.6 Å². The number of aromatic hydroxyl groups is 1. The number of aliphatic imine (C=N–C) groups is 1. The molecule has 4 atom stereocenters. The molecule has 0 radical (unpaired) electrons. The predicted octanol–water partition coefficient (Wildman–Crippen LogP) is 10.5. The van der Waals surface area contributed by atoms with Crippen LogP contribution in [0.4, 0.5) is 18.9 Å². The predicted molar refractivity (Wildman–Crippen MR) is 331 cm³/mol. The van der Waals surface area contributed by atoms with Crippen LogP contribution in [0, 0.1) is 24.6 Å². The van der Waals surface area contributed by atoms with Crippen LogP contribution in [0.3, 0.4) is 0 Å². The molecule has 0 saturated carbocycles. The van der Waals surface area contributed by atoms with Crippen molar-refractivity contribution in [2.24, 2.45) is 16.8 Å². The number of nitrogens with one attached hydrogen (secondary N) is 2. The number of carbonyl (C=O) groups excluding carboxylic acids is 3. The summed E-state index contributed by atoms with van der Waals surface area (Å²) in [5, 5.41) is 25.9. The molecule has 4 fully saturated rings. The molecule has 3 amide bonds. The summed E-state index contributed by atoms with van der Waals surface area (Å²) >= 11 is 0. The van der Waals surface area contributed by atoms with Gasteiger partial charge in [0.2, 0.25) is 17.7 Å². The molecule has 1 aromatic heterocycles. The van der Waals surface area contributed by atoms with Crippen LogP contribution in [0.25, 0.3) is 29.5 Å². The number of phenolic OH excluding ortho intramolecular Hbond substituents is 1. The molecule has 464 valence electrons. The van der Waals surface area contributed by atoms with Crippen molar-refractivity contribution in [1.29, 1.82) is 0 Å². The molecule has 84 heavy (non-hydrogen) atoms. The van der Waals surface area contributed by atoms with Gasteiger partial charge in [0.1, 0.15) is 29.8 Å². The van der Waals surface area contributed by atoms with Gasteiger partial charge in [0.25, 0.3) is 0 Å². The highest BCUT2D eigenvalue weighted by atomic mass is 19.2. The lowest BCUT2D eigenvalue weighted by Gasteiger charge is -2.35. The van der Waals surface area contributed by atoms with Crippen molar-refractivity contribution < 1.29 is 47.2 Å². The van der Waals surface area contributed by atoms with E-state index in [4.69, 9.17) is 9.47 Å². The summed E-state index contributed by atoms with van der Waals surface area (Å²) < 4.78 is 55.8. The maximum atomic E-state index is 15.7. The monoisotopic (exact) mass is 1170 g/mol. The molecule has 18 heteroatoms. The molecule has 5 aliphatic rings. The highest BCUT2D eigenvalue weighted by molar-refractivity contribution is 5.93. The van der Waals surface area contributed by atoms with Gasteiger partial charge in [-0.2, -0.15) is 4.99 Å². The average Bonchev–Trinajstić information content (AvgIpc) is 1.96. The van der Waals surface area contributed by atoms with E-state index < -0.39 is 17.5 Å². The van der Waals surface area contributed by atoms with Crippen LogP contribution in [0.5, 0.6) is 5.75 Å². The molecule has 4 N–H and O–H groups in total. The number of halogens is 3. The maximum Gasteiger partial charge on any atom is 0.226 e. The Labute approximate surface area is 498 Å². The number of aliphatic hydroxyl groups excluding tert-OH is 1. The van der Waals surface area contributed by atoms with E-state index in [1.165, 1.54) is 57.2 Å². The van der Waals surface area contributed by atoms with E-state index in [2.05, 4.69) is 68.7 Å². The number of unbranched alkanes of at least 4 members (excludes halogenated alkanes) is 1. The number of nitrogens with zero attached hydrogens (tertiary/aromatic N) is 6. The van der Waals surface area contributed by atoms with Crippen molar-refractivity contribution >= 4 is 47.5 Å². The van der Waals surface area contributed by atoms with Gasteiger partial charge in [0, 0.05) is 117 Å². The number of ether oxygens (including phenoxy) is 2. The molecule has 0 spiro atoms. The van der Waals surface area contributed by atoms with Gasteiger partial charge in [-0.1, -0.05) is 66.3 Å². The summed E-state index contributed by atoms with van der Waals surface area (Å²) in [5.74, 6) is -1.05. The van der Waals surface area contributed by atoms with E-state index in [0.29, 0.717) is 36.4 Å². The first-order chi connectivity index (χ1) is 40.3. The van der Waals surface area contributed by atoms with Crippen LogP contribution in [0.1, 0.15) is 167 Å². The first kappa shape index (κ1) is 68.7. The number of aryl methyl sites for hydroxylation is 2. The summed E-state index contributed by atoms with van der Waals surface area (Å²) in [7, 11) is 3.33. The second-order valence-electron chi connectivity index (χ2n) is 22.7. The Kier molecular flexibility index (Phi) is 27.9. The summed E-state index contributed by atoms with van der Waals surface area (Å²) in [5.41, 5.74) is 4.30. The fourth-order valence-electron chi connectivity index (χ4n) is 11.7. The minimum Gasteiger partial charge on any atom is -0.508 e. The van der Waals surface area contributed by atoms with E-state index in [-0.39, 0.29) is 87.9 Å². The molecule has 3 aromatic rings. The van der Waals surface area contributed by atoms with Crippen molar-refractivity contribution in [3.63, 3.8) is 0 Å². The molecule has 1 aliphatic carbocycles. The van der Waals surface area contributed by atoms with Gasteiger partial charge in [-0.05, 0) is 150 Å². The van der Waals surface area contributed by atoms with E-state index in [0.717, 1.165) is 120 Å². The lowest BCUT2D eigenvalue weighted by molar-refractivity contribution is -0.125. The highest BCUT2D eigenvalue weighted by Crippen LogP contribution is 2.42. The zero-order chi connectivity index (χ0) is 61.6. The van der Waals surface area contributed by atoms with E-state index in [9.17, 15) is 33.4 Å². The minimum absolute atomic E-state index is 0.0518. The molecule has 2 aromatic carbocycles. The fourth-order valence-corrected chi connectivity index (χ4v) is 11.7. The number of aromatic nitrogens is 1. The normalized spacial score (nSPS) is 19.7. The number of phenols is 1. The van der Waals surface area contributed by atoms with E-state index in [1.54, 1.807) is 18.7 Å².